The van der Waals surface area contributed by atoms with Gasteiger partial charge in [-0.2, -0.15) is 13.2 Å². The standard InChI is InChI=1S/C12H10BrF3N2O2/c13-9-2-1-6(3-8(9)12(14,15)16)11(20)18-7-4-10(19)17-5-7/h1-3,7H,4-5H2,(H,17,19)(H,18,20). The van der Waals surface area contributed by atoms with E-state index >= 15 is 0 Å². The van der Waals surface area contributed by atoms with Crippen LogP contribution in [0.4, 0.5) is 13.2 Å². The first-order valence-corrected chi connectivity index (χ1v) is 6.51. The predicted molar refractivity (Wildman–Crippen MR) is 68.0 cm³/mol. The van der Waals surface area contributed by atoms with E-state index in [0.29, 0.717) is 0 Å². The lowest BCUT2D eigenvalue weighted by atomic mass is 10.1. The molecule has 0 bridgehead atoms. The Morgan fingerprint density at radius 2 is 2.10 bits per heavy atom. The summed E-state index contributed by atoms with van der Waals surface area (Å²) in [5.41, 5.74) is -1.01. The fourth-order valence-corrected chi connectivity index (χ4v) is 2.33. The Bertz CT molecular complexity index is 560. The fourth-order valence-electron chi connectivity index (χ4n) is 1.86. The summed E-state index contributed by atoms with van der Waals surface area (Å²) >= 11 is 2.81. The molecule has 1 heterocycles. The first kappa shape index (κ1) is 14.8. The van der Waals surface area contributed by atoms with Gasteiger partial charge in [-0.25, -0.2) is 0 Å². The molecule has 1 saturated heterocycles. The van der Waals surface area contributed by atoms with Gasteiger partial charge >= 0.3 is 6.18 Å². The van der Waals surface area contributed by atoms with E-state index in [1.165, 1.54) is 12.1 Å². The number of rotatable bonds is 2. The van der Waals surface area contributed by atoms with Crippen LogP contribution in [0.25, 0.3) is 0 Å². The van der Waals surface area contributed by atoms with E-state index < -0.39 is 23.7 Å². The Labute approximate surface area is 120 Å². The largest absolute Gasteiger partial charge is 0.417 e. The van der Waals surface area contributed by atoms with Crippen LogP contribution in [-0.2, 0) is 11.0 Å². The van der Waals surface area contributed by atoms with E-state index in [2.05, 4.69) is 26.6 Å². The molecule has 0 radical (unpaired) electrons. The molecule has 4 nitrogen and oxygen atoms in total. The van der Waals surface area contributed by atoms with Gasteiger partial charge in [0.1, 0.15) is 0 Å². The maximum absolute atomic E-state index is 12.7. The summed E-state index contributed by atoms with van der Waals surface area (Å²) in [6, 6.07) is 2.85. The van der Waals surface area contributed by atoms with Crippen LogP contribution in [-0.4, -0.2) is 24.4 Å². The van der Waals surface area contributed by atoms with Crippen LogP contribution in [0.2, 0.25) is 0 Å². The highest BCUT2D eigenvalue weighted by atomic mass is 79.9. The zero-order valence-corrected chi connectivity index (χ0v) is 11.6. The van der Waals surface area contributed by atoms with Crippen LogP contribution in [0.5, 0.6) is 0 Å². The lowest BCUT2D eigenvalue weighted by molar-refractivity contribution is -0.138. The molecule has 20 heavy (non-hydrogen) atoms. The molecule has 1 unspecified atom stereocenters. The first-order valence-electron chi connectivity index (χ1n) is 5.71. The van der Waals surface area contributed by atoms with Gasteiger partial charge in [-0.1, -0.05) is 15.9 Å². The molecule has 1 atom stereocenters. The highest BCUT2D eigenvalue weighted by Crippen LogP contribution is 2.35. The van der Waals surface area contributed by atoms with Gasteiger partial charge in [0.25, 0.3) is 5.91 Å². The van der Waals surface area contributed by atoms with E-state index in [-0.39, 0.29) is 28.9 Å². The molecule has 2 N–H and O–H groups in total. The maximum Gasteiger partial charge on any atom is 0.417 e. The average Bonchev–Trinajstić information content (AvgIpc) is 2.73. The Kier molecular flexibility index (Phi) is 4.03. The summed E-state index contributed by atoms with van der Waals surface area (Å²) in [5.74, 6) is -0.827. The lowest BCUT2D eigenvalue weighted by Crippen LogP contribution is -2.36. The number of amides is 2. The van der Waals surface area contributed by atoms with Crippen LogP contribution >= 0.6 is 15.9 Å². The summed E-state index contributed by atoms with van der Waals surface area (Å²) in [6.45, 7) is 0.285. The number of nitrogens with one attached hydrogen (secondary N) is 2. The van der Waals surface area contributed by atoms with Crippen LogP contribution in [0.1, 0.15) is 22.3 Å². The molecular formula is C12H10BrF3N2O2. The van der Waals surface area contributed by atoms with Crippen molar-refractivity contribution in [2.75, 3.05) is 6.54 Å². The third kappa shape index (κ3) is 3.30. The zero-order chi connectivity index (χ0) is 14.9. The normalized spacial score (nSPS) is 18.8. The molecular weight excluding hydrogens is 341 g/mol. The van der Waals surface area contributed by atoms with Gasteiger partial charge < -0.3 is 10.6 Å². The minimum absolute atomic E-state index is 0.0973. The van der Waals surface area contributed by atoms with E-state index in [4.69, 9.17) is 0 Å². The van der Waals surface area contributed by atoms with E-state index in [9.17, 15) is 22.8 Å². The SMILES string of the molecule is O=C1CC(NC(=O)c2ccc(Br)c(C(F)(F)F)c2)CN1. The quantitative estimate of drug-likeness (QED) is 0.857. The predicted octanol–water partition coefficient (Wildman–Crippen LogP) is 2.09. The average molecular weight is 351 g/mol. The van der Waals surface area contributed by atoms with Crippen molar-refractivity contribution in [3.8, 4) is 0 Å². The minimum atomic E-state index is -4.54. The van der Waals surface area contributed by atoms with Crippen LogP contribution in [0.3, 0.4) is 0 Å². The molecule has 2 amide bonds. The maximum atomic E-state index is 12.7. The Morgan fingerprint density at radius 3 is 2.65 bits per heavy atom. The molecule has 8 heteroatoms. The van der Waals surface area contributed by atoms with Gasteiger partial charge in [-0.05, 0) is 18.2 Å². The Hall–Kier alpha value is -1.57. The number of hydrogen-bond acceptors (Lipinski definition) is 2. The summed E-state index contributed by atoms with van der Waals surface area (Å²) in [5, 5.41) is 5.05. The fraction of sp³-hybridized carbons (Fsp3) is 0.333. The molecule has 1 aliphatic heterocycles. The number of benzene rings is 1. The summed E-state index contributed by atoms with van der Waals surface area (Å²) in [4.78, 5) is 22.8. The highest BCUT2D eigenvalue weighted by molar-refractivity contribution is 9.10. The monoisotopic (exact) mass is 350 g/mol. The smallest absolute Gasteiger partial charge is 0.354 e. The van der Waals surface area contributed by atoms with Gasteiger partial charge in [-0.3, -0.25) is 9.59 Å². The second kappa shape index (κ2) is 5.43. The van der Waals surface area contributed by atoms with E-state index in [1.54, 1.807) is 0 Å². The van der Waals surface area contributed by atoms with Gasteiger partial charge in [0.05, 0.1) is 11.6 Å². The molecule has 1 aromatic carbocycles. The van der Waals surface area contributed by atoms with E-state index in [0.717, 1.165) is 6.07 Å². The molecule has 0 saturated carbocycles. The molecule has 1 fully saturated rings. The third-order valence-corrected chi connectivity index (χ3v) is 3.54. The van der Waals surface area contributed by atoms with Crippen LogP contribution in [0.15, 0.2) is 22.7 Å². The molecule has 108 valence electrons. The first-order chi connectivity index (χ1) is 9.27. The molecule has 0 aromatic heterocycles. The Balaban J connectivity index is 2.16. The lowest BCUT2D eigenvalue weighted by Gasteiger charge is -2.13. The van der Waals surface area contributed by atoms with Crippen molar-refractivity contribution in [1.29, 1.82) is 0 Å². The molecule has 1 aliphatic rings. The number of carbonyl (C=O) groups is 2. The van der Waals surface area contributed by atoms with Gasteiger partial charge in [0.15, 0.2) is 0 Å². The van der Waals surface area contributed by atoms with Gasteiger partial charge in [0, 0.05) is 23.0 Å². The van der Waals surface area contributed by atoms with E-state index in [1.807, 2.05) is 0 Å². The second-order valence-electron chi connectivity index (χ2n) is 4.37. The molecule has 2 rings (SSSR count). The molecule has 0 aliphatic carbocycles. The number of hydrogen-bond donors (Lipinski definition) is 2. The van der Waals surface area contributed by atoms with Gasteiger partial charge in [-0.15, -0.1) is 0 Å². The van der Waals surface area contributed by atoms with Crippen molar-refractivity contribution in [2.24, 2.45) is 0 Å². The second-order valence-corrected chi connectivity index (χ2v) is 5.23. The van der Waals surface area contributed by atoms with Crippen LogP contribution < -0.4 is 10.6 Å². The molecule has 0 spiro atoms. The minimum Gasteiger partial charge on any atom is -0.354 e. The van der Waals surface area contributed by atoms with Crippen molar-refractivity contribution >= 4 is 27.7 Å². The Morgan fingerprint density at radius 1 is 1.40 bits per heavy atom. The van der Waals surface area contributed by atoms with Crippen molar-refractivity contribution in [3.05, 3.63) is 33.8 Å². The highest BCUT2D eigenvalue weighted by Gasteiger charge is 2.34. The topological polar surface area (TPSA) is 58.2 Å². The van der Waals surface area contributed by atoms with Crippen molar-refractivity contribution in [1.82, 2.24) is 10.6 Å². The van der Waals surface area contributed by atoms with Crippen LogP contribution in [0, 0.1) is 0 Å². The number of alkyl halides is 3. The number of carbonyl (C=O) groups excluding carboxylic acids is 2. The zero-order valence-electron chi connectivity index (χ0n) is 10.1. The summed E-state index contributed by atoms with van der Waals surface area (Å²) < 4.78 is 38.1. The number of halogens is 4. The molecule has 1 aromatic rings. The summed E-state index contributed by atoms with van der Waals surface area (Å²) in [6.07, 6.45) is -4.41. The van der Waals surface area contributed by atoms with Crippen molar-refractivity contribution < 1.29 is 22.8 Å². The third-order valence-electron chi connectivity index (χ3n) is 2.85. The summed E-state index contributed by atoms with van der Waals surface area (Å²) in [7, 11) is 0. The van der Waals surface area contributed by atoms with Gasteiger partial charge in [0.2, 0.25) is 5.91 Å². The van der Waals surface area contributed by atoms with Crippen molar-refractivity contribution in [2.45, 2.75) is 18.6 Å². The van der Waals surface area contributed by atoms with Crippen molar-refractivity contribution in [3.63, 3.8) is 0 Å².